The van der Waals surface area contributed by atoms with E-state index >= 15 is 0 Å². The van der Waals surface area contributed by atoms with Gasteiger partial charge in [0, 0.05) is 17.3 Å². The van der Waals surface area contributed by atoms with Gasteiger partial charge in [-0.1, -0.05) is 6.07 Å². The van der Waals surface area contributed by atoms with Crippen molar-refractivity contribution in [3.63, 3.8) is 0 Å². The summed E-state index contributed by atoms with van der Waals surface area (Å²) in [5.41, 5.74) is 3.22. The van der Waals surface area contributed by atoms with Crippen molar-refractivity contribution in [3.8, 4) is 23.3 Å². The summed E-state index contributed by atoms with van der Waals surface area (Å²) in [6.45, 7) is 4.02. The van der Waals surface area contributed by atoms with Gasteiger partial charge in [0.2, 0.25) is 6.79 Å². The molecule has 2 aromatic carbocycles. The van der Waals surface area contributed by atoms with Crippen molar-refractivity contribution >= 4 is 17.7 Å². The molecule has 0 saturated carbocycles. The summed E-state index contributed by atoms with van der Waals surface area (Å²) in [5.74, 6) is 1.11. The lowest BCUT2D eigenvalue weighted by Gasteiger charge is -2.09. The number of benzene rings is 2. The minimum atomic E-state index is -0.489. The first-order valence-corrected chi connectivity index (χ1v) is 7.99. The van der Waals surface area contributed by atoms with E-state index < -0.39 is 5.91 Å². The predicted octanol–water partition coefficient (Wildman–Crippen LogP) is 3.59. The Labute approximate surface area is 151 Å². The number of hydrogen-bond donors (Lipinski definition) is 1. The topological polar surface area (TPSA) is 80.6 Å². The van der Waals surface area contributed by atoms with Crippen LogP contribution in [0.15, 0.2) is 35.9 Å². The second kappa shape index (κ2) is 7.19. The zero-order chi connectivity index (χ0) is 18.7. The molecule has 6 heteroatoms. The van der Waals surface area contributed by atoms with Crippen LogP contribution in [0.4, 0.5) is 5.69 Å². The molecular formula is C20H18N2O4. The van der Waals surface area contributed by atoms with Crippen LogP contribution >= 0.6 is 0 Å². The van der Waals surface area contributed by atoms with Gasteiger partial charge >= 0.3 is 0 Å². The Morgan fingerprint density at radius 3 is 2.42 bits per heavy atom. The quantitative estimate of drug-likeness (QED) is 0.673. The van der Waals surface area contributed by atoms with Crippen molar-refractivity contribution in [3.05, 3.63) is 52.6 Å². The Hall–Kier alpha value is -3.46. The van der Waals surface area contributed by atoms with Crippen molar-refractivity contribution in [2.24, 2.45) is 0 Å². The molecule has 2 aromatic rings. The van der Waals surface area contributed by atoms with Crippen molar-refractivity contribution in [2.75, 3.05) is 19.2 Å². The first-order valence-electron chi connectivity index (χ1n) is 7.99. The van der Waals surface area contributed by atoms with Crippen LogP contribution in [0, 0.1) is 25.2 Å². The third-order valence-electron chi connectivity index (χ3n) is 3.87. The summed E-state index contributed by atoms with van der Waals surface area (Å²) >= 11 is 0. The van der Waals surface area contributed by atoms with Crippen LogP contribution in [0.5, 0.6) is 17.2 Å². The Morgan fingerprint density at radius 2 is 1.81 bits per heavy atom. The van der Waals surface area contributed by atoms with Gasteiger partial charge in [-0.2, -0.15) is 5.26 Å². The van der Waals surface area contributed by atoms with Crippen LogP contribution < -0.4 is 19.5 Å². The molecule has 1 amide bonds. The average Bonchev–Trinajstić information content (AvgIpc) is 3.04. The highest BCUT2D eigenvalue weighted by atomic mass is 16.7. The number of fused-ring (bicyclic) bond motifs is 1. The molecule has 0 unspecified atom stereocenters. The van der Waals surface area contributed by atoms with Gasteiger partial charge in [0.15, 0.2) is 11.5 Å². The van der Waals surface area contributed by atoms with Gasteiger partial charge in [0.1, 0.15) is 17.4 Å². The number of ether oxygens (including phenoxy) is 3. The molecule has 0 saturated heterocycles. The first kappa shape index (κ1) is 17.4. The lowest BCUT2D eigenvalue weighted by Crippen LogP contribution is -2.13. The Kier molecular flexibility index (Phi) is 4.81. The molecule has 1 heterocycles. The van der Waals surface area contributed by atoms with E-state index in [2.05, 4.69) is 5.32 Å². The van der Waals surface area contributed by atoms with E-state index in [1.54, 1.807) is 12.1 Å². The number of carbonyl (C=O) groups excluding carboxylic acids is 1. The van der Waals surface area contributed by atoms with E-state index in [4.69, 9.17) is 14.2 Å². The van der Waals surface area contributed by atoms with Crippen LogP contribution in [0.1, 0.15) is 16.7 Å². The summed E-state index contributed by atoms with van der Waals surface area (Å²) in [6.07, 6.45) is 1.47. The largest absolute Gasteiger partial charge is 0.496 e. The molecule has 3 rings (SSSR count). The van der Waals surface area contributed by atoms with Crippen LogP contribution in [-0.4, -0.2) is 19.8 Å². The van der Waals surface area contributed by atoms with E-state index in [0.29, 0.717) is 28.5 Å². The molecule has 0 atom stereocenters. The van der Waals surface area contributed by atoms with Crippen LogP contribution in [-0.2, 0) is 4.79 Å². The lowest BCUT2D eigenvalue weighted by atomic mass is 10.1. The summed E-state index contributed by atoms with van der Waals surface area (Å²) < 4.78 is 16.0. The lowest BCUT2D eigenvalue weighted by molar-refractivity contribution is -0.112. The van der Waals surface area contributed by atoms with Crippen molar-refractivity contribution in [1.29, 1.82) is 5.26 Å². The van der Waals surface area contributed by atoms with Crippen LogP contribution in [0.2, 0.25) is 0 Å². The van der Waals surface area contributed by atoms with E-state index in [9.17, 15) is 10.1 Å². The Balaban J connectivity index is 1.91. The second-order valence-electron chi connectivity index (χ2n) is 5.95. The zero-order valence-electron chi connectivity index (χ0n) is 14.8. The van der Waals surface area contributed by atoms with Gasteiger partial charge in [-0.3, -0.25) is 4.79 Å². The molecule has 26 heavy (non-hydrogen) atoms. The van der Waals surface area contributed by atoms with Gasteiger partial charge in [-0.05, 0) is 49.2 Å². The normalized spacial score (nSPS) is 12.5. The molecule has 0 aliphatic carbocycles. The maximum atomic E-state index is 12.5. The molecule has 0 aromatic heterocycles. The van der Waals surface area contributed by atoms with Crippen LogP contribution in [0.25, 0.3) is 6.08 Å². The highest BCUT2D eigenvalue weighted by molar-refractivity contribution is 6.10. The van der Waals surface area contributed by atoms with Gasteiger partial charge in [-0.25, -0.2) is 0 Å². The molecular weight excluding hydrogens is 332 g/mol. The molecule has 1 N–H and O–H groups in total. The maximum Gasteiger partial charge on any atom is 0.266 e. The standard InChI is InChI=1S/C20H18N2O4/c1-12-4-13(2)6-16(5-12)22-20(23)15(10-21)7-14-8-18-19(26-11-25-18)9-17(14)24-3/h4-9H,11H2,1-3H3,(H,22,23)/b15-7+. The summed E-state index contributed by atoms with van der Waals surface area (Å²) in [6, 6.07) is 11.0. The van der Waals surface area contributed by atoms with E-state index in [1.165, 1.54) is 13.2 Å². The molecule has 6 nitrogen and oxygen atoms in total. The zero-order valence-corrected chi connectivity index (χ0v) is 14.8. The van der Waals surface area contributed by atoms with Crippen molar-refractivity contribution in [1.82, 2.24) is 0 Å². The highest BCUT2D eigenvalue weighted by Gasteiger charge is 2.18. The Morgan fingerprint density at radius 1 is 1.15 bits per heavy atom. The SMILES string of the molecule is COc1cc2c(cc1/C=C(\C#N)C(=O)Nc1cc(C)cc(C)c1)OCO2. The number of nitrogens with zero attached hydrogens (tertiary/aromatic N) is 1. The number of rotatable bonds is 4. The number of hydrogen-bond acceptors (Lipinski definition) is 5. The number of nitriles is 1. The number of aryl methyl sites for hydroxylation is 2. The maximum absolute atomic E-state index is 12.5. The minimum absolute atomic E-state index is 0.0404. The fourth-order valence-corrected chi connectivity index (χ4v) is 2.78. The Bertz CT molecular complexity index is 921. The number of anilines is 1. The van der Waals surface area contributed by atoms with Gasteiger partial charge < -0.3 is 19.5 Å². The molecule has 0 radical (unpaired) electrons. The molecule has 0 spiro atoms. The van der Waals surface area contributed by atoms with Crippen LogP contribution in [0.3, 0.4) is 0 Å². The molecule has 1 aliphatic rings. The molecule has 0 fully saturated rings. The summed E-state index contributed by atoms with van der Waals surface area (Å²) in [7, 11) is 1.51. The van der Waals surface area contributed by atoms with E-state index in [1.807, 2.05) is 38.1 Å². The summed E-state index contributed by atoms with van der Waals surface area (Å²) in [5, 5.41) is 12.2. The fourth-order valence-electron chi connectivity index (χ4n) is 2.78. The average molecular weight is 350 g/mol. The summed E-state index contributed by atoms with van der Waals surface area (Å²) in [4.78, 5) is 12.5. The highest BCUT2D eigenvalue weighted by Crippen LogP contribution is 2.38. The number of nitrogens with one attached hydrogen (secondary N) is 1. The van der Waals surface area contributed by atoms with E-state index in [-0.39, 0.29) is 12.4 Å². The van der Waals surface area contributed by atoms with Crippen molar-refractivity contribution in [2.45, 2.75) is 13.8 Å². The molecule has 0 bridgehead atoms. The number of amides is 1. The molecule has 132 valence electrons. The van der Waals surface area contributed by atoms with Gasteiger partial charge in [0.05, 0.1) is 7.11 Å². The van der Waals surface area contributed by atoms with Crippen molar-refractivity contribution < 1.29 is 19.0 Å². The van der Waals surface area contributed by atoms with Gasteiger partial charge in [-0.15, -0.1) is 0 Å². The third-order valence-corrected chi connectivity index (χ3v) is 3.87. The first-order chi connectivity index (χ1) is 12.5. The number of methoxy groups -OCH3 is 1. The predicted molar refractivity (Wildman–Crippen MR) is 97.3 cm³/mol. The monoisotopic (exact) mass is 350 g/mol. The molecule has 1 aliphatic heterocycles. The minimum Gasteiger partial charge on any atom is -0.496 e. The smallest absolute Gasteiger partial charge is 0.266 e. The fraction of sp³-hybridized carbons (Fsp3) is 0.200. The van der Waals surface area contributed by atoms with Gasteiger partial charge in [0.25, 0.3) is 5.91 Å². The third kappa shape index (κ3) is 3.62. The van der Waals surface area contributed by atoms with E-state index in [0.717, 1.165) is 11.1 Å². The number of carbonyl (C=O) groups is 1. The second-order valence-corrected chi connectivity index (χ2v) is 5.95.